The summed E-state index contributed by atoms with van der Waals surface area (Å²) in [6.45, 7) is 6.54. The molecule has 0 unspecified atom stereocenters. The molecule has 25 heavy (non-hydrogen) atoms. The van der Waals surface area contributed by atoms with Gasteiger partial charge in [-0.15, -0.1) is 0 Å². The van der Waals surface area contributed by atoms with E-state index < -0.39 is 11.4 Å². The summed E-state index contributed by atoms with van der Waals surface area (Å²) in [5.41, 5.74) is 1.07. The van der Waals surface area contributed by atoms with Crippen LogP contribution in [0.25, 0.3) is 0 Å². The second kappa shape index (κ2) is 9.81. The first kappa shape index (κ1) is 20.7. The van der Waals surface area contributed by atoms with Crippen molar-refractivity contribution in [1.82, 2.24) is 10.6 Å². The largest absolute Gasteiger partial charge is 0.481 e. The molecule has 1 aromatic rings. The maximum absolute atomic E-state index is 12.0. The highest BCUT2D eigenvalue weighted by Crippen LogP contribution is 2.13. The topological polar surface area (TPSA) is 95.5 Å². The molecule has 0 spiro atoms. The Morgan fingerprint density at radius 1 is 0.960 bits per heavy atom. The summed E-state index contributed by atoms with van der Waals surface area (Å²) in [5, 5.41) is 14.2. The van der Waals surface area contributed by atoms with Crippen molar-refractivity contribution in [2.24, 2.45) is 5.41 Å². The first-order valence-corrected chi connectivity index (χ1v) is 8.57. The standard InChI is InChI=1S/C19H28N2O4/c1-19(2,3)18(25)21-13-14-8-10-15(11-9-14)17(24)20-12-6-4-5-7-16(22)23/h8-11H,4-7,12-13H2,1-3H3,(H,20,24)(H,21,25)(H,22,23). The van der Waals surface area contributed by atoms with Gasteiger partial charge in [0, 0.05) is 30.5 Å². The zero-order valence-corrected chi connectivity index (χ0v) is 15.2. The SMILES string of the molecule is CC(C)(C)C(=O)NCc1ccc(C(=O)NCCCCCC(=O)O)cc1. The Morgan fingerprint density at radius 3 is 2.16 bits per heavy atom. The molecule has 0 heterocycles. The summed E-state index contributed by atoms with van der Waals surface area (Å²) in [7, 11) is 0. The van der Waals surface area contributed by atoms with Crippen molar-refractivity contribution >= 4 is 17.8 Å². The molecular formula is C19H28N2O4. The van der Waals surface area contributed by atoms with Gasteiger partial charge in [-0.3, -0.25) is 14.4 Å². The number of nitrogens with one attached hydrogen (secondary N) is 2. The molecule has 0 saturated heterocycles. The van der Waals surface area contributed by atoms with Gasteiger partial charge in [-0.2, -0.15) is 0 Å². The Balaban J connectivity index is 2.34. The molecule has 138 valence electrons. The van der Waals surface area contributed by atoms with Gasteiger partial charge < -0.3 is 15.7 Å². The minimum absolute atomic E-state index is 0.0165. The van der Waals surface area contributed by atoms with E-state index in [1.165, 1.54) is 0 Å². The van der Waals surface area contributed by atoms with Crippen LogP contribution in [0.4, 0.5) is 0 Å². The van der Waals surface area contributed by atoms with Crippen LogP contribution in [0.15, 0.2) is 24.3 Å². The molecule has 6 heteroatoms. The van der Waals surface area contributed by atoms with Crippen molar-refractivity contribution < 1.29 is 19.5 Å². The smallest absolute Gasteiger partial charge is 0.303 e. The van der Waals surface area contributed by atoms with Crippen LogP contribution in [0.3, 0.4) is 0 Å². The third kappa shape index (κ3) is 8.33. The summed E-state index contributed by atoms with van der Waals surface area (Å²) in [5.74, 6) is -0.955. The van der Waals surface area contributed by atoms with E-state index in [-0.39, 0.29) is 18.2 Å². The minimum Gasteiger partial charge on any atom is -0.481 e. The van der Waals surface area contributed by atoms with E-state index >= 15 is 0 Å². The van der Waals surface area contributed by atoms with Gasteiger partial charge in [0.2, 0.25) is 5.91 Å². The molecule has 0 atom stereocenters. The molecule has 0 aliphatic rings. The molecule has 0 saturated carbocycles. The number of carbonyl (C=O) groups excluding carboxylic acids is 2. The summed E-state index contributed by atoms with van der Waals surface area (Å²) in [4.78, 5) is 34.2. The van der Waals surface area contributed by atoms with Gasteiger partial charge in [-0.05, 0) is 30.5 Å². The number of carboxylic acid groups (broad SMARTS) is 1. The van der Waals surface area contributed by atoms with Gasteiger partial charge in [0.15, 0.2) is 0 Å². The van der Waals surface area contributed by atoms with Gasteiger partial charge in [0.05, 0.1) is 0 Å². The second-order valence-electron chi connectivity index (χ2n) is 7.09. The average molecular weight is 348 g/mol. The summed E-state index contributed by atoms with van der Waals surface area (Å²) < 4.78 is 0. The quantitative estimate of drug-likeness (QED) is 0.598. The lowest BCUT2D eigenvalue weighted by Crippen LogP contribution is -2.34. The van der Waals surface area contributed by atoms with E-state index in [9.17, 15) is 14.4 Å². The average Bonchev–Trinajstić information content (AvgIpc) is 2.54. The van der Waals surface area contributed by atoms with Crippen molar-refractivity contribution in [2.75, 3.05) is 6.54 Å². The number of carbonyl (C=O) groups is 3. The maximum Gasteiger partial charge on any atom is 0.303 e. The Labute approximate surface area is 149 Å². The molecule has 0 fully saturated rings. The summed E-state index contributed by atoms with van der Waals surface area (Å²) in [6, 6.07) is 7.12. The molecule has 0 radical (unpaired) electrons. The lowest BCUT2D eigenvalue weighted by Gasteiger charge is -2.17. The normalized spacial score (nSPS) is 11.0. The molecule has 0 aromatic heterocycles. The Kier molecular flexibility index (Phi) is 8.11. The summed E-state index contributed by atoms with van der Waals surface area (Å²) in [6.07, 6.45) is 2.33. The van der Waals surface area contributed by atoms with Crippen LogP contribution >= 0.6 is 0 Å². The van der Waals surface area contributed by atoms with Crippen LogP contribution in [0.5, 0.6) is 0 Å². The fourth-order valence-corrected chi connectivity index (χ4v) is 2.10. The Bertz CT molecular complexity index is 588. The number of benzene rings is 1. The number of hydrogen-bond donors (Lipinski definition) is 3. The van der Waals surface area contributed by atoms with Crippen LogP contribution in [-0.2, 0) is 16.1 Å². The zero-order valence-electron chi connectivity index (χ0n) is 15.2. The van der Waals surface area contributed by atoms with Gasteiger partial charge >= 0.3 is 5.97 Å². The number of hydrogen-bond acceptors (Lipinski definition) is 3. The van der Waals surface area contributed by atoms with Crippen molar-refractivity contribution in [3.8, 4) is 0 Å². The molecule has 3 N–H and O–H groups in total. The molecule has 1 aromatic carbocycles. The summed E-state index contributed by atoms with van der Waals surface area (Å²) >= 11 is 0. The predicted octanol–water partition coefficient (Wildman–Crippen LogP) is 2.72. The highest BCUT2D eigenvalue weighted by atomic mass is 16.4. The van der Waals surface area contributed by atoms with Crippen LogP contribution in [0, 0.1) is 5.41 Å². The van der Waals surface area contributed by atoms with Crippen LogP contribution in [-0.4, -0.2) is 29.4 Å². The number of carboxylic acids is 1. The number of amides is 2. The van der Waals surface area contributed by atoms with E-state index in [0.717, 1.165) is 18.4 Å². The van der Waals surface area contributed by atoms with Gasteiger partial charge in [0.1, 0.15) is 0 Å². The van der Waals surface area contributed by atoms with Crippen molar-refractivity contribution in [3.63, 3.8) is 0 Å². The van der Waals surface area contributed by atoms with Crippen molar-refractivity contribution in [1.29, 1.82) is 0 Å². The van der Waals surface area contributed by atoms with Crippen molar-refractivity contribution in [2.45, 2.75) is 53.0 Å². The molecular weight excluding hydrogens is 320 g/mol. The van der Waals surface area contributed by atoms with Gasteiger partial charge in [0.25, 0.3) is 5.91 Å². The van der Waals surface area contributed by atoms with Gasteiger partial charge in [-0.25, -0.2) is 0 Å². The molecule has 0 aliphatic heterocycles. The fraction of sp³-hybridized carbons (Fsp3) is 0.526. The Morgan fingerprint density at radius 2 is 1.60 bits per heavy atom. The molecule has 6 nitrogen and oxygen atoms in total. The number of aliphatic carboxylic acids is 1. The van der Waals surface area contributed by atoms with E-state index in [4.69, 9.17) is 5.11 Å². The van der Waals surface area contributed by atoms with Crippen LogP contribution in [0.2, 0.25) is 0 Å². The third-order valence-corrected chi connectivity index (χ3v) is 3.70. The highest BCUT2D eigenvalue weighted by Gasteiger charge is 2.20. The maximum atomic E-state index is 12.0. The Hall–Kier alpha value is -2.37. The van der Waals surface area contributed by atoms with Gasteiger partial charge in [-0.1, -0.05) is 39.3 Å². The third-order valence-electron chi connectivity index (χ3n) is 3.70. The first-order valence-electron chi connectivity index (χ1n) is 8.57. The highest BCUT2D eigenvalue weighted by molar-refractivity contribution is 5.94. The molecule has 1 rings (SSSR count). The zero-order chi connectivity index (χ0) is 18.9. The fourth-order valence-electron chi connectivity index (χ4n) is 2.10. The van der Waals surface area contributed by atoms with E-state index in [0.29, 0.717) is 25.1 Å². The molecule has 0 aliphatic carbocycles. The second-order valence-corrected chi connectivity index (χ2v) is 7.09. The minimum atomic E-state index is -0.789. The lowest BCUT2D eigenvalue weighted by molar-refractivity contribution is -0.137. The van der Waals surface area contributed by atoms with E-state index in [1.54, 1.807) is 12.1 Å². The van der Waals surface area contributed by atoms with Crippen LogP contribution in [0.1, 0.15) is 62.4 Å². The number of unbranched alkanes of at least 4 members (excludes halogenated alkanes) is 2. The van der Waals surface area contributed by atoms with Crippen LogP contribution < -0.4 is 10.6 Å². The molecule has 2 amide bonds. The van der Waals surface area contributed by atoms with E-state index in [2.05, 4.69) is 10.6 Å². The van der Waals surface area contributed by atoms with E-state index in [1.807, 2.05) is 32.9 Å². The first-order chi connectivity index (χ1) is 11.7. The monoisotopic (exact) mass is 348 g/mol. The lowest BCUT2D eigenvalue weighted by atomic mass is 9.95. The van der Waals surface area contributed by atoms with Crippen molar-refractivity contribution in [3.05, 3.63) is 35.4 Å². The molecule has 0 bridgehead atoms. The number of rotatable bonds is 9. The predicted molar refractivity (Wildman–Crippen MR) is 96.2 cm³/mol.